The van der Waals surface area contributed by atoms with Crippen molar-refractivity contribution in [2.75, 3.05) is 6.61 Å². The summed E-state index contributed by atoms with van der Waals surface area (Å²) < 4.78 is 6.38. The van der Waals surface area contributed by atoms with Gasteiger partial charge in [0, 0.05) is 22.9 Å². The fourth-order valence-corrected chi connectivity index (χ4v) is 3.07. The quantitative estimate of drug-likeness (QED) is 0.483. The van der Waals surface area contributed by atoms with E-state index in [2.05, 4.69) is 0 Å². The predicted octanol–water partition coefficient (Wildman–Crippen LogP) is 3.38. The molecule has 0 unspecified atom stereocenters. The summed E-state index contributed by atoms with van der Waals surface area (Å²) in [4.78, 5) is 36.4. The van der Waals surface area contributed by atoms with E-state index in [0.29, 0.717) is 22.6 Å². The highest BCUT2D eigenvalue weighted by Crippen LogP contribution is 2.19. The Hall–Kier alpha value is -2.92. The number of Topliss-reactive ketones (excluding diaryl/α,β-unsaturated/α-hetero) is 1. The molecule has 0 fully saturated rings. The van der Waals surface area contributed by atoms with E-state index in [9.17, 15) is 14.4 Å². The highest BCUT2D eigenvalue weighted by molar-refractivity contribution is 6.34. The molecule has 0 radical (unpaired) electrons. The Balaban J connectivity index is 2.02. The van der Waals surface area contributed by atoms with Crippen LogP contribution >= 0.6 is 11.6 Å². The fourth-order valence-electron chi connectivity index (χ4n) is 2.94. The van der Waals surface area contributed by atoms with Crippen molar-refractivity contribution in [1.82, 2.24) is 4.57 Å². The third-order valence-electron chi connectivity index (χ3n) is 4.21. The maximum absolute atomic E-state index is 12.7. The molecule has 0 aliphatic heterocycles. The first-order valence-corrected chi connectivity index (χ1v) is 8.93. The minimum Gasteiger partial charge on any atom is -0.460 e. The van der Waals surface area contributed by atoms with Crippen molar-refractivity contribution in [2.24, 2.45) is 0 Å². The number of carbonyl (C=O) groups excluding carboxylic acids is 2. The summed E-state index contributed by atoms with van der Waals surface area (Å²) in [5, 5.41) is 1.38. The van der Waals surface area contributed by atoms with Gasteiger partial charge in [-0.05, 0) is 36.2 Å². The number of ether oxygens (including phenoxy) is 1. The molecule has 0 aliphatic carbocycles. The average Bonchev–Trinajstić information content (AvgIpc) is 2.66. The molecule has 0 saturated carbocycles. The molecular formula is C21H18ClNO4. The van der Waals surface area contributed by atoms with Crippen LogP contribution in [0.2, 0.25) is 5.02 Å². The number of halogens is 1. The predicted molar refractivity (Wildman–Crippen MR) is 104 cm³/mol. The number of pyridine rings is 1. The van der Waals surface area contributed by atoms with Crippen molar-refractivity contribution in [3.8, 4) is 0 Å². The second-order valence-electron chi connectivity index (χ2n) is 6.06. The first kappa shape index (κ1) is 18.9. The van der Waals surface area contributed by atoms with Crippen LogP contribution in [0.5, 0.6) is 0 Å². The Kier molecular flexibility index (Phi) is 5.72. The minimum atomic E-state index is -0.882. The van der Waals surface area contributed by atoms with E-state index >= 15 is 0 Å². The highest BCUT2D eigenvalue weighted by atomic mass is 35.5. The number of para-hydroxylation sites is 1. The summed E-state index contributed by atoms with van der Waals surface area (Å²) in [5.41, 5.74) is 1.91. The summed E-state index contributed by atoms with van der Waals surface area (Å²) in [6, 6.07) is 16.0. The second kappa shape index (κ2) is 8.18. The lowest BCUT2D eigenvalue weighted by atomic mass is 10.0. The molecule has 138 valence electrons. The summed E-state index contributed by atoms with van der Waals surface area (Å²) in [5.74, 6) is -1.55. The van der Waals surface area contributed by atoms with Gasteiger partial charge in [-0.1, -0.05) is 41.9 Å². The normalized spacial score (nSPS) is 10.7. The molecule has 2 aromatic carbocycles. The third-order valence-corrected chi connectivity index (χ3v) is 4.46. The van der Waals surface area contributed by atoms with Crippen LogP contribution in [0.1, 0.15) is 18.1 Å². The summed E-state index contributed by atoms with van der Waals surface area (Å²) in [6.07, 6.45) is -0.170. The van der Waals surface area contributed by atoms with Crippen molar-refractivity contribution in [3.05, 3.63) is 81.1 Å². The number of fused-ring (bicyclic) bond motifs is 1. The van der Waals surface area contributed by atoms with E-state index < -0.39 is 11.8 Å². The number of benzene rings is 2. The Bertz CT molecular complexity index is 1050. The molecule has 3 rings (SSSR count). The Labute approximate surface area is 161 Å². The van der Waals surface area contributed by atoms with E-state index in [1.54, 1.807) is 23.6 Å². The van der Waals surface area contributed by atoms with Crippen molar-refractivity contribution in [2.45, 2.75) is 19.9 Å². The molecule has 3 aromatic rings. The van der Waals surface area contributed by atoms with Crippen molar-refractivity contribution < 1.29 is 14.3 Å². The molecule has 0 saturated heterocycles. The zero-order chi connectivity index (χ0) is 19.4. The van der Waals surface area contributed by atoms with Crippen LogP contribution in [0.4, 0.5) is 0 Å². The summed E-state index contributed by atoms with van der Waals surface area (Å²) in [7, 11) is 0. The van der Waals surface area contributed by atoms with Crippen molar-refractivity contribution in [1.29, 1.82) is 0 Å². The highest BCUT2D eigenvalue weighted by Gasteiger charge is 2.18. The molecule has 6 heteroatoms. The standard InChI is InChI=1S/C21H18ClNO4/c1-2-27-21(26)19(24)11-15-12-20(25)23(18-6-4-3-5-17(15)18)13-14-7-9-16(22)10-8-14/h3-10,12H,2,11,13H2,1H3. The molecule has 27 heavy (non-hydrogen) atoms. The lowest BCUT2D eigenvalue weighted by molar-refractivity contribution is -0.153. The van der Waals surface area contributed by atoms with Gasteiger partial charge in [-0.3, -0.25) is 9.59 Å². The van der Waals surface area contributed by atoms with Crippen LogP contribution in [0.3, 0.4) is 0 Å². The number of hydrogen-bond acceptors (Lipinski definition) is 4. The SMILES string of the molecule is CCOC(=O)C(=O)Cc1cc(=O)n(Cc2ccc(Cl)cc2)c2ccccc12. The molecule has 0 bridgehead atoms. The number of nitrogens with zero attached hydrogens (tertiary/aromatic N) is 1. The van der Waals surface area contributed by atoms with Crippen molar-refractivity contribution in [3.63, 3.8) is 0 Å². The van der Waals surface area contributed by atoms with Crippen LogP contribution in [-0.2, 0) is 27.3 Å². The van der Waals surface area contributed by atoms with Gasteiger partial charge in [-0.15, -0.1) is 0 Å². The van der Waals surface area contributed by atoms with Crippen LogP contribution in [0.25, 0.3) is 10.9 Å². The summed E-state index contributed by atoms with van der Waals surface area (Å²) in [6.45, 7) is 2.15. The maximum atomic E-state index is 12.7. The Morgan fingerprint density at radius 3 is 2.48 bits per heavy atom. The molecular weight excluding hydrogens is 366 g/mol. The Morgan fingerprint density at radius 1 is 1.07 bits per heavy atom. The van der Waals surface area contributed by atoms with E-state index in [0.717, 1.165) is 10.9 Å². The molecule has 0 N–H and O–H groups in total. The largest absolute Gasteiger partial charge is 0.460 e. The van der Waals surface area contributed by atoms with E-state index in [4.69, 9.17) is 16.3 Å². The first-order valence-electron chi connectivity index (χ1n) is 8.55. The zero-order valence-electron chi connectivity index (χ0n) is 14.8. The van der Waals surface area contributed by atoms with E-state index in [1.165, 1.54) is 6.07 Å². The van der Waals surface area contributed by atoms with Gasteiger partial charge in [0.2, 0.25) is 5.78 Å². The van der Waals surface area contributed by atoms with Crippen LogP contribution in [0, 0.1) is 0 Å². The second-order valence-corrected chi connectivity index (χ2v) is 6.49. The van der Waals surface area contributed by atoms with Crippen LogP contribution in [0.15, 0.2) is 59.4 Å². The number of hydrogen-bond donors (Lipinski definition) is 0. The van der Waals surface area contributed by atoms with Gasteiger partial charge in [-0.25, -0.2) is 4.79 Å². The van der Waals surface area contributed by atoms with Gasteiger partial charge in [0.25, 0.3) is 5.56 Å². The van der Waals surface area contributed by atoms with Gasteiger partial charge in [-0.2, -0.15) is 0 Å². The van der Waals surface area contributed by atoms with Gasteiger partial charge < -0.3 is 9.30 Å². The van der Waals surface area contributed by atoms with Crippen molar-refractivity contribution >= 4 is 34.3 Å². The molecule has 0 aliphatic rings. The van der Waals surface area contributed by atoms with E-state index in [-0.39, 0.29) is 18.6 Å². The molecule has 1 aromatic heterocycles. The number of ketones is 1. The number of esters is 1. The van der Waals surface area contributed by atoms with Gasteiger partial charge >= 0.3 is 5.97 Å². The number of rotatable bonds is 6. The molecule has 0 atom stereocenters. The summed E-state index contributed by atoms with van der Waals surface area (Å²) >= 11 is 5.92. The van der Waals surface area contributed by atoms with Crippen LogP contribution in [-0.4, -0.2) is 22.9 Å². The molecule has 0 amide bonds. The molecule has 0 spiro atoms. The number of carbonyl (C=O) groups is 2. The lowest BCUT2D eigenvalue weighted by Gasteiger charge is -2.13. The molecule has 5 nitrogen and oxygen atoms in total. The van der Waals surface area contributed by atoms with Gasteiger partial charge in [0.05, 0.1) is 18.7 Å². The molecule has 1 heterocycles. The fraction of sp³-hybridized carbons (Fsp3) is 0.190. The van der Waals surface area contributed by atoms with Gasteiger partial charge in [0.1, 0.15) is 0 Å². The monoisotopic (exact) mass is 383 g/mol. The topological polar surface area (TPSA) is 65.4 Å². The third kappa shape index (κ3) is 4.26. The number of aromatic nitrogens is 1. The minimum absolute atomic E-state index is 0.133. The Morgan fingerprint density at radius 2 is 1.78 bits per heavy atom. The zero-order valence-corrected chi connectivity index (χ0v) is 15.5. The average molecular weight is 384 g/mol. The lowest BCUT2D eigenvalue weighted by Crippen LogP contribution is -2.24. The maximum Gasteiger partial charge on any atom is 0.374 e. The van der Waals surface area contributed by atoms with Gasteiger partial charge in [0.15, 0.2) is 0 Å². The first-order chi connectivity index (χ1) is 13.0. The van der Waals surface area contributed by atoms with E-state index in [1.807, 2.05) is 36.4 Å². The smallest absolute Gasteiger partial charge is 0.374 e. The van der Waals surface area contributed by atoms with Crippen LogP contribution < -0.4 is 5.56 Å².